The molecule has 0 saturated carbocycles. The van der Waals surface area contributed by atoms with Crippen LogP contribution in [0.5, 0.6) is 0 Å². The Bertz CT molecular complexity index is 740. The molecule has 2 heterocycles. The fourth-order valence-electron chi connectivity index (χ4n) is 2.63. The van der Waals surface area contributed by atoms with Crippen LogP contribution in [0.15, 0.2) is 46.9 Å². The summed E-state index contributed by atoms with van der Waals surface area (Å²) in [7, 11) is 0. The molecule has 0 spiro atoms. The van der Waals surface area contributed by atoms with Gasteiger partial charge in [-0.2, -0.15) is 0 Å². The summed E-state index contributed by atoms with van der Waals surface area (Å²) in [5.41, 5.74) is 9.16. The predicted molar refractivity (Wildman–Crippen MR) is 72.5 cm³/mol. The van der Waals surface area contributed by atoms with Gasteiger partial charge in [0.15, 0.2) is 0 Å². The number of hydrogen-bond acceptors (Lipinski definition) is 3. The van der Waals surface area contributed by atoms with E-state index in [2.05, 4.69) is 23.5 Å². The first-order valence-corrected chi connectivity index (χ1v) is 6.18. The molecule has 0 bridgehead atoms. The van der Waals surface area contributed by atoms with Gasteiger partial charge in [0.2, 0.25) is 0 Å². The van der Waals surface area contributed by atoms with Gasteiger partial charge < -0.3 is 15.5 Å². The normalized spacial score (nSPS) is 18.1. The molecule has 3 heteroatoms. The van der Waals surface area contributed by atoms with Gasteiger partial charge in [0.1, 0.15) is 11.2 Å². The molecule has 1 fully saturated rings. The first-order valence-electron chi connectivity index (χ1n) is 6.18. The molecule has 4 rings (SSSR count). The van der Waals surface area contributed by atoms with E-state index in [0.717, 1.165) is 35.0 Å². The molecule has 3 nitrogen and oxygen atoms in total. The van der Waals surface area contributed by atoms with Crippen molar-refractivity contribution in [3.63, 3.8) is 0 Å². The topological polar surface area (TPSA) is 51.2 Å². The Labute approximate surface area is 105 Å². The number of hydrogen-bond donors (Lipinski definition) is 2. The highest BCUT2D eigenvalue weighted by Crippen LogP contribution is 2.32. The van der Waals surface area contributed by atoms with Crippen molar-refractivity contribution >= 4 is 21.9 Å². The Morgan fingerprint density at radius 3 is 2.56 bits per heavy atom. The van der Waals surface area contributed by atoms with Crippen molar-refractivity contribution in [2.45, 2.75) is 5.54 Å². The maximum atomic E-state index is 6.33. The van der Waals surface area contributed by atoms with Gasteiger partial charge in [0.25, 0.3) is 0 Å². The Morgan fingerprint density at radius 1 is 1.00 bits per heavy atom. The number of benzene rings is 2. The lowest BCUT2D eigenvalue weighted by molar-refractivity contribution is 0.287. The number of fused-ring (bicyclic) bond motifs is 3. The second-order valence-electron chi connectivity index (χ2n) is 5.07. The second-order valence-corrected chi connectivity index (χ2v) is 5.07. The molecule has 0 aliphatic carbocycles. The second kappa shape index (κ2) is 3.34. The van der Waals surface area contributed by atoms with Crippen molar-refractivity contribution in [2.75, 3.05) is 13.1 Å². The highest BCUT2D eigenvalue weighted by Gasteiger charge is 2.34. The van der Waals surface area contributed by atoms with E-state index in [1.54, 1.807) is 0 Å². The average molecular weight is 238 g/mol. The molecule has 90 valence electrons. The molecule has 1 aliphatic rings. The van der Waals surface area contributed by atoms with E-state index in [1.807, 2.05) is 24.3 Å². The maximum Gasteiger partial charge on any atom is 0.135 e. The van der Waals surface area contributed by atoms with Crippen LogP contribution >= 0.6 is 0 Å². The molecule has 0 radical (unpaired) electrons. The highest BCUT2D eigenvalue weighted by atomic mass is 16.3. The molecule has 0 atom stereocenters. The number of nitrogens with one attached hydrogen (secondary N) is 1. The van der Waals surface area contributed by atoms with Crippen LogP contribution < -0.4 is 11.1 Å². The minimum atomic E-state index is -0.216. The summed E-state index contributed by atoms with van der Waals surface area (Å²) in [5, 5.41) is 5.54. The minimum absolute atomic E-state index is 0.216. The van der Waals surface area contributed by atoms with Crippen LogP contribution in [-0.2, 0) is 5.54 Å². The van der Waals surface area contributed by atoms with Crippen LogP contribution in [0, 0.1) is 0 Å². The molecular weight excluding hydrogens is 224 g/mol. The van der Waals surface area contributed by atoms with Gasteiger partial charge in [-0.15, -0.1) is 0 Å². The summed E-state index contributed by atoms with van der Waals surface area (Å²) >= 11 is 0. The summed E-state index contributed by atoms with van der Waals surface area (Å²) in [6.07, 6.45) is 0. The first kappa shape index (κ1) is 10.1. The number of furan rings is 1. The van der Waals surface area contributed by atoms with Crippen molar-refractivity contribution in [1.82, 2.24) is 5.32 Å². The van der Waals surface area contributed by atoms with E-state index in [9.17, 15) is 0 Å². The summed E-state index contributed by atoms with van der Waals surface area (Å²) in [6, 6.07) is 14.4. The summed E-state index contributed by atoms with van der Waals surface area (Å²) in [6.45, 7) is 1.68. The molecule has 1 aliphatic heterocycles. The van der Waals surface area contributed by atoms with Crippen LogP contribution in [0.2, 0.25) is 0 Å². The monoisotopic (exact) mass is 238 g/mol. The largest absolute Gasteiger partial charge is 0.456 e. The lowest BCUT2D eigenvalue weighted by Crippen LogP contribution is -2.62. The Kier molecular flexibility index (Phi) is 1.88. The maximum absolute atomic E-state index is 6.33. The third kappa shape index (κ3) is 1.26. The van der Waals surface area contributed by atoms with E-state index in [1.165, 1.54) is 5.56 Å². The van der Waals surface area contributed by atoms with Gasteiger partial charge in [0.05, 0.1) is 5.54 Å². The lowest BCUT2D eigenvalue weighted by atomic mass is 9.85. The molecule has 2 aromatic carbocycles. The quantitative estimate of drug-likeness (QED) is 0.684. The van der Waals surface area contributed by atoms with E-state index >= 15 is 0 Å². The SMILES string of the molecule is NC1(c2ccc3oc4ccccc4c3c2)CNC1. The van der Waals surface area contributed by atoms with Gasteiger partial charge in [-0.05, 0) is 23.8 Å². The van der Waals surface area contributed by atoms with E-state index in [4.69, 9.17) is 10.2 Å². The molecule has 18 heavy (non-hydrogen) atoms. The van der Waals surface area contributed by atoms with Crippen molar-refractivity contribution in [3.05, 3.63) is 48.0 Å². The van der Waals surface area contributed by atoms with Gasteiger partial charge in [-0.3, -0.25) is 0 Å². The average Bonchev–Trinajstić information content (AvgIpc) is 2.73. The molecule has 1 aromatic heterocycles. The zero-order chi connectivity index (χ0) is 12.2. The zero-order valence-corrected chi connectivity index (χ0v) is 9.94. The van der Waals surface area contributed by atoms with E-state index in [0.29, 0.717) is 0 Å². The zero-order valence-electron chi connectivity index (χ0n) is 9.94. The van der Waals surface area contributed by atoms with Crippen molar-refractivity contribution in [3.8, 4) is 0 Å². The third-order valence-corrected chi connectivity index (χ3v) is 3.83. The molecule has 3 N–H and O–H groups in total. The Balaban J connectivity index is 2.01. The fraction of sp³-hybridized carbons (Fsp3) is 0.200. The Hall–Kier alpha value is -1.84. The van der Waals surface area contributed by atoms with Crippen LogP contribution in [0.4, 0.5) is 0 Å². The summed E-state index contributed by atoms with van der Waals surface area (Å²) in [5.74, 6) is 0. The van der Waals surface area contributed by atoms with Crippen molar-refractivity contribution < 1.29 is 4.42 Å². The first-order chi connectivity index (χ1) is 8.76. The third-order valence-electron chi connectivity index (χ3n) is 3.83. The van der Waals surface area contributed by atoms with Crippen LogP contribution in [0.1, 0.15) is 5.56 Å². The van der Waals surface area contributed by atoms with Crippen molar-refractivity contribution in [1.29, 1.82) is 0 Å². The summed E-state index contributed by atoms with van der Waals surface area (Å²) < 4.78 is 5.82. The van der Waals surface area contributed by atoms with Crippen LogP contribution in [-0.4, -0.2) is 13.1 Å². The van der Waals surface area contributed by atoms with E-state index < -0.39 is 0 Å². The van der Waals surface area contributed by atoms with E-state index in [-0.39, 0.29) is 5.54 Å². The molecule has 3 aromatic rings. The molecule has 0 amide bonds. The van der Waals surface area contributed by atoms with Crippen LogP contribution in [0.25, 0.3) is 21.9 Å². The highest BCUT2D eigenvalue weighted by molar-refractivity contribution is 6.05. The fourth-order valence-corrected chi connectivity index (χ4v) is 2.63. The minimum Gasteiger partial charge on any atom is -0.456 e. The number of rotatable bonds is 1. The van der Waals surface area contributed by atoms with Gasteiger partial charge in [-0.25, -0.2) is 0 Å². The molecular formula is C15H14N2O. The van der Waals surface area contributed by atoms with Crippen molar-refractivity contribution in [2.24, 2.45) is 5.73 Å². The lowest BCUT2D eigenvalue weighted by Gasteiger charge is -2.39. The number of para-hydroxylation sites is 1. The number of nitrogens with two attached hydrogens (primary N) is 1. The Morgan fingerprint density at radius 2 is 1.78 bits per heavy atom. The predicted octanol–water partition coefficient (Wildman–Crippen LogP) is 2.34. The standard InChI is InChI=1S/C15H14N2O/c16-15(8-17-9-15)10-5-6-14-12(7-10)11-3-1-2-4-13(11)18-14/h1-7,17H,8-9,16H2. The smallest absolute Gasteiger partial charge is 0.135 e. The van der Waals surface area contributed by atoms with Gasteiger partial charge in [0, 0.05) is 23.9 Å². The van der Waals surface area contributed by atoms with Gasteiger partial charge >= 0.3 is 0 Å². The summed E-state index contributed by atoms with van der Waals surface area (Å²) in [4.78, 5) is 0. The molecule has 0 unspecified atom stereocenters. The molecule has 1 saturated heterocycles. The van der Waals surface area contributed by atoms with Gasteiger partial charge in [-0.1, -0.05) is 24.3 Å². The van der Waals surface area contributed by atoms with Crippen LogP contribution in [0.3, 0.4) is 0 Å².